The van der Waals surface area contributed by atoms with Gasteiger partial charge in [-0.25, -0.2) is 9.78 Å². The fraction of sp³-hybridized carbons (Fsp3) is 0.444. The molecule has 0 radical (unpaired) electrons. The summed E-state index contributed by atoms with van der Waals surface area (Å²) >= 11 is 2.73. The van der Waals surface area contributed by atoms with E-state index in [0.29, 0.717) is 12.2 Å². The van der Waals surface area contributed by atoms with E-state index in [1.165, 1.54) is 17.5 Å². The standard InChI is InChI=1S/C9H12N2O3S2/c1-15-4-2-6(9(13)14)11-7(12)8-10-3-5-16-8/h3,5-6H,2,4H2,1H3,(H,11,12)(H,13,14). The predicted molar refractivity (Wildman–Crippen MR) is 64.0 cm³/mol. The molecule has 5 nitrogen and oxygen atoms in total. The van der Waals surface area contributed by atoms with Crippen LogP contribution in [0.15, 0.2) is 11.6 Å². The van der Waals surface area contributed by atoms with Crippen molar-refractivity contribution in [1.29, 1.82) is 0 Å². The quantitative estimate of drug-likeness (QED) is 0.800. The number of hydrogen-bond acceptors (Lipinski definition) is 5. The zero-order chi connectivity index (χ0) is 12.0. The molecule has 1 heterocycles. The number of thiazole rings is 1. The Morgan fingerprint density at radius 1 is 1.69 bits per heavy atom. The molecule has 0 aliphatic heterocycles. The molecule has 7 heteroatoms. The fourth-order valence-corrected chi connectivity index (χ4v) is 2.06. The molecular weight excluding hydrogens is 248 g/mol. The van der Waals surface area contributed by atoms with Crippen LogP contribution in [-0.2, 0) is 4.79 Å². The van der Waals surface area contributed by atoms with E-state index in [9.17, 15) is 9.59 Å². The number of aromatic nitrogens is 1. The van der Waals surface area contributed by atoms with Crippen molar-refractivity contribution in [2.24, 2.45) is 0 Å². The second kappa shape index (κ2) is 6.49. The van der Waals surface area contributed by atoms with E-state index in [1.807, 2.05) is 6.26 Å². The van der Waals surface area contributed by atoms with Crippen molar-refractivity contribution >= 4 is 35.0 Å². The summed E-state index contributed by atoms with van der Waals surface area (Å²) in [5.74, 6) is -0.753. The van der Waals surface area contributed by atoms with Gasteiger partial charge >= 0.3 is 5.97 Å². The smallest absolute Gasteiger partial charge is 0.326 e. The van der Waals surface area contributed by atoms with Crippen LogP contribution >= 0.6 is 23.1 Å². The van der Waals surface area contributed by atoms with Crippen LogP contribution in [0.25, 0.3) is 0 Å². The maximum atomic E-state index is 11.6. The Morgan fingerprint density at radius 2 is 2.44 bits per heavy atom. The number of nitrogens with one attached hydrogen (secondary N) is 1. The van der Waals surface area contributed by atoms with Crippen LogP contribution in [0.4, 0.5) is 0 Å². The van der Waals surface area contributed by atoms with Gasteiger partial charge in [0.2, 0.25) is 0 Å². The number of carbonyl (C=O) groups is 2. The highest BCUT2D eigenvalue weighted by molar-refractivity contribution is 7.98. The van der Waals surface area contributed by atoms with Crippen molar-refractivity contribution < 1.29 is 14.7 Å². The Balaban J connectivity index is 2.54. The first kappa shape index (κ1) is 13.0. The molecule has 2 N–H and O–H groups in total. The number of nitrogens with zero attached hydrogens (tertiary/aromatic N) is 1. The van der Waals surface area contributed by atoms with Crippen LogP contribution in [0.3, 0.4) is 0 Å². The molecule has 0 saturated carbocycles. The summed E-state index contributed by atoms with van der Waals surface area (Å²) in [6.07, 6.45) is 3.81. The van der Waals surface area contributed by atoms with Crippen molar-refractivity contribution in [1.82, 2.24) is 10.3 Å². The molecule has 0 saturated heterocycles. The number of carboxylic acids is 1. The maximum absolute atomic E-state index is 11.6. The molecule has 88 valence electrons. The van der Waals surface area contributed by atoms with Crippen molar-refractivity contribution in [2.45, 2.75) is 12.5 Å². The van der Waals surface area contributed by atoms with Gasteiger partial charge in [-0.1, -0.05) is 0 Å². The van der Waals surface area contributed by atoms with Crippen molar-refractivity contribution in [2.75, 3.05) is 12.0 Å². The number of carboxylic acid groups (broad SMARTS) is 1. The van der Waals surface area contributed by atoms with E-state index < -0.39 is 17.9 Å². The number of hydrogen-bond donors (Lipinski definition) is 2. The molecule has 0 aromatic carbocycles. The summed E-state index contributed by atoms with van der Waals surface area (Å²) in [5.41, 5.74) is 0. The van der Waals surface area contributed by atoms with Crippen LogP contribution in [0.2, 0.25) is 0 Å². The minimum absolute atomic E-state index is 0.287. The van der Waals surface area contributed by atoms with Crippen molar-refractivity contribution in [3.63, 3.8) is 0 Å². The SMILES string of the molecule is CSCCC(NC(=O)c1nccs1)C(=O)O. The molecule has 16 heavy (non-hydrogen) atoms. The lowest BCUT2D eigenvalue weighted by atomic mass is 10.2. The summed E-state index contributed by atoms with van der Waals surface area (Å²) in [6, 6.07) is -0.844. The fourth-order valence-electron chi connectivity index (χ4n) is 1.05. The monoisotopic (exact) mass is 260 g/mol. The molecule has 0 spiro atoms. The molecule has 0 aliphatic carbocycles. The highest BCUT2D eigenvalue weighted by atomic mass is 32.2. The van der Waals surface area contributed by atoms with Crippen LogP contribution in [0.5, 0.6) is 0 Å². The average molecular weight is 260 g/mol. The highest BCUT2D eigenvalue weighted by Gasteiger charge is 2.20. The topological polar surface area (TPSA) is 79.3 Å². The minimum Gasteiger partial charge on any atom is -0.480 e. The second-order valence-electron chi connectivity index (χ2n) is 2.98. The Hall–Kier alpha value is -1.08. The number of carbonyl (C=O) groups excluding carboxylic acids is 1. The molecule has 1 aromatic rings. The van der Waals surface area contributed by atoms with Gasteiger partial charge in [0.05, 0.1) is 0 Å². The third-order valence-corrected chi connectivity index (χ3v) is 3.26. The zero-order valence-corrected chi connectivity index (χ0v) is 10.3. The number of amides is 1. The van der Waals surface area contributed by atoms with E-state index in [2.05, 4.69) is 10.3 Å². The number of rotatable bonds is 6. The van der Waals surface area contributed by atoms with Gasteiger partial charge in [-0.2, -0.15) is 11.8 Å². The van der Waals surface area contributed by atoms with E-state index in [1.54, 1.807) is 17.1 Å². The Labute approximate surface area is 101 Å². The van der Waals surface area contributed by atoms with Crippen LogP contribution in [0, 0.1) is 0 Å². The van der Waals surface area contributed by atoms with Crippen molar-refractivity contribution in [3.8, 4) is 0 Å². The number of aliphatic carboxylic acids is 1. The normalized spacial score (nSPS) is 12.1. The molecule has 0 fully saturated rings. The summed E-state index contributed by atoms with van der Waals surface area (Å²) in [6.45, 7) is 0. The van der Waals surface area contributed by atoms with Crippen molar-refractivity contribution in [3.05, 3.63) is 16.6 Å². The lowest BCUT2D eigenvalue weighted by Gasteiger charge is -2.12. The van der Waals surface area contributed by atoms with Gasteiger partial charge in [0.15, 0.2) is 5.01 Å². The Kier molecular flexibility index (Phi) is 5.27. The predicted octanol–water partition coefficient (Wildman–Crippen LogP) is 1.08. The highest BCUT2D eigenvalue weighted by Crippen LogP contribution is 2.06. The third kappa shape index (κ3) is 3.82. The second-order valence-corrected chi connectivity index (χ2v) is 4.86. The molecule has 0 aliphatic rings. The lowest BCUT2D eigenvalue weighted by Crippen LogP contribution is -2.41. The van der Waals surface area contributed by atoms with Gasteiger partial charge in [0.1, 0.15) is 6.04 Å². The maximum Gasteiger partial charge on any atom is 0.326 e. The summed E-state index contributed by atoms with van der Waals surface area (Å²) in [7, 11) is 0. The summed E-state index contributed by atoms with van der Waals surface area (Å²) in [5, 5.41) is 13.3. The number of thioether (sulfide) groups is 1. The van der Waals surface area contributed by atoms with Crippen LogP contribution in [0.1, 0.15) is 16.2 Å². The first-order chi connectivity index (χ1) is 7.65. The van der Waals surface area contributed by atoms with Crippen LogP contribution in [-0.4, -0.2) is 40.0 Å². The lowest BCUT2D eigenvalue weighted by molar-refractivity contribution is -0.139. The van der Waals surface area contributed by atoms with Gasteiger partial charge in [-0.3, -0.25) is 4.79 Å². The molecule has 1 unspecified atom stereocenters. The van der Waals surface area contributed by atoms with Gasteiger partial charge in [-0.05, 0) is 18.4 Å². The van der Waals surface area contributed by atoms with Gasteiger partial charge in [0.25, 0.3) is 5.91 Å². The molecule has 1 rings (SSSR count). The molecule has 1 atom stereocenters. The van der Waals surface area contributed by atoms with E-state index in [4.69, 9.17) is 5.11 Å². The molecule has 1 aromatic heterocycles. The van der Waals surface area contributed by atoms with E-state index >= 15 is 0 Å². The van der Waals surface area contributed by atoms with Gasteiger partial charge < -0.3 is 10.4 Å². The average Bonchev–Trinajstić information content (AvgIpc) is 2.76. The molecule has 1 amide bonds. The molecule has 0 bridgehead atoms. The third-order valence-electron chi connectivity index (χ3n) is 1.84. The Morgan fingerprint density at radius 3 is 2.94 bits per heavy atom. The first-order valence-electron chi connectivity index (χ1n) is 4.57. The van der Waals surface area contributed by atoms with Gasteiger partial charge in [-0.15, -0.1) is 11.3 Å². The summed E-state index contributed by atoms with van der Waals surface area (Å²) < 4.78 is 0. The Bertz CT molecular complexity index is 354. The van der Waals surface area contributed by atoms with Gasteiger partial charge in [0, 0.05) is 11.6 Å². The largest absolute Gasteiger partial charge is 0.480 e. The van der Waals surface area contributed by atoms with E-state index in [0.717, 1.165) is 0 Å². The summed E-state index contributed by atoms with van der Waals surface area (Å²) in [4.78, 5) is 26.2. The first-order valence-corrected chi connectivity index (χ1v) is 6.84. The van der Waals surface area contributed by atoms with Crippen LogP contribution < -0.4 is 5.32 Å². The zero-order valence-electron chi connectivity index (χ0n) is 8.67. The molecular formula is C9H12N2O3S2. The van der Waals surface area contributed by atoms with E-state index in [-0.39, 0.29) is 5.01 Å². The minimum atomic E-state index is -1.01.